The molecule has 1 N–H and O–H groups in total. The number of likely N-dealkylation sites (tertiary alicyclic amines) is 1. The number of nitro benzene ring substituents is 1. The van der Waals surface area contributed by atoms with Crippen LogP contribution < -0.4 is 10.1 Å². The van der Waals surface area contributed by atoms with Gasteiger partial charge in [-0.3, -0.25) is 14.9 Å². The van der Waals surface area contributed by atoms with Crippen molar-refractivity contribution in [2.75, 3.05) is 25.5 Å². The fourth-order valence-electron chi connectivity index (χ4n) is 3.20. The zero-order chi connectivity index (χ0) is 20.1. The minimum Gasteiger partial charge on any atom is -0.497 e. The Bertz CT molecular complexity index is 856. The molecule has 0 radical (unpaired) electrons. The summed E-state index contributed by atoms with van der Waals surface area (Å²) in [6, 6.07) is 12.4. The van der Waals surface area contributed by atoms with Crippen molar-refractivity contribution in [2.24, 2.45) is 5.92 Å². The Morgan fingerprint density at radius 3 is 2.21 bits per heavy atom. The summed E-state index contributed by atoms with van der Waals surface area (Å²) in [6.45, 7) is 0.955. The lowest BCUT2D eigenvalue weighted by molar-refractivity contribution is -0.384. The Hall–Kier alpha value is -3.42. The van der Waals surface area contributed by atoms with E-state index in [1.54, 1.807) is 36.3 Å². The zero-order valence-corrected chi connectivity index (χ0v) is 15.5. The SMILES string of the molecule is COc1ccc(C(=O)C2CCN(C(=O)Nc3ccc([N+](=O)[O-])cc3)CC2)cc1. The van der Waals surface area contributed by atoms with Crippen molar-refractivity contribution in [3.05, 3.63) is 64.2 Å². The van der Waals surface area contributed by atoms with E-state index in [2.05, 4.69) is 5.32 Å². The maximum absolute atomic E-state index is 12.6. The highest BCUT2D eigenvalue weighted by Crippen LogP contribution is 2.24. The molecular formula is C20H21N3O5. The van der Waals surface area contributed by atoms with Crippen LogP contribution in [0.5, 0.6) is 5.75 Å². The van der Waals surface area contributed by atoms with Crippen LogP contribution in [-0.2, 0) is 0 Å². The van der Waals surface area contributed by atoms with E-state index in [-0.39, 0.29) is 23.4 Å². The summed E-state index contributed by atoms with van der Waals surface area (Å²) < 4.78 is 5.11. The second kappa shape index (κ2) is 8.51. The van der Waals surface area contributed by atoms with Gasteiger partial charge in [-0.25, -0.2) is 4.79 Å². The van der Waals surface area contributed by atoms with Gasteiger partial charge in [0.25, 0.3) is 5.69 Å². The monoisotopic (exact) mass is 383 g/mol. The van der Waals surface area contributed by atoms with Gasteiger partial charge in [-0.05, 0) is 49.2 Å². The molecule has 0 atom stereocenters. The normalized spacial score (nSPS) is 14.4. The molecule has 1 aliphatic heterocycles. The standard InChI is InChI=1S/C20H21N3O5/c1-28-18-8-2-14(3-9-18)19(24)15-10-12-22(13-11-15)20(25)21-16-4-6-17(7-5-16)23(26)27/h2-9,15H,10-13H2,1H3,(H,21,25). The number of nitrogens with one attached hydrogen (secondary N) is 1. The number of ketones is 1. The molecule has 1 aliphatic rings. The first-order valence-corrected chi connectivity index (χ1v) is 8.96. The number of amides is 2. The molecule has 2 amide bonds. The predicted molar refractivity (Wildman–Crippen MR) is 104 cm³/mol. The third-order valence-electron chi connectivity index (χ3n) is 4.86. The fourth-order valence-corrected chi connectivity index (χ4v) is 3.20. The van der Waals surface area contributed by atoms with Crippen molar-refractivity contribution in [1.29, 1.82) is 0 Å². The van der Waals surface area contributed by atoms with Crippen molar-refractivity contribution in [2.45, 2.75) is 12.8 Å². The molecule has 0 aliphatic carbocycles. The number of rotatable bonds is 5. The summed E-state index contributed by atoms with van der Waals surface area (Å²) in [6.07, 6.45) is 1.19. The third kappa shape index (κ3) is 4.46. The van der Waals surface area contributed by atoms with Gasteiger partial charge in [0, 0.05) is 42.4 Å². The van der Waals surface area contributed by atoms with Crippen molar-refractivity contribution < 1.29 is 19.2 Å². The quantitative estimate of drug-likeness (QED) is 0.481. The summed E-state index contributed by atoms with van der Waals surface area (Å²) in [4.78, 5) is 36.9. The number of non-ortho nitro benzene ring substituents is 1. The number of ether oxygens (including phenoxy) is 1. The topological polar surface area (TPSA) is 102 Å². The molecule has 0 aromatic heterocycles. The average Bonchev–Trinajstić information content (AvgIpc) is 2.73. The maximum Gasteiger partial charge on any atom is 0.321 e. The smallest absolute Gasteiger partial charge is 0.321 e. The number of carbonyl (C=O) groups is 2. The number of urea groups is 1. The summed E-state index contributed by atoms with van der Waals surface area (Å²) in [7, 11) is 1.58. The fraction of sp³-hybridized carbons (Fsp3) is 0.300. The molecule has 0 unspecified atom stereocenters. The first-order chi connectivity index (χ1) is 13.5. The van der Waals surface area contributed by atoms with Gasteiger partial charge < -0.3 is 15.0 Å². The van der Waals surface area contributed by atoms with E-state index in [1.165, 1.54) is 24.3 Å². The van der Waals surface area contributed by atoms with Crippen LogP contribution in [0.3, 0.4) is 0 Å². The summed E-state index contributed by atoms with van der Waals surface area (Å²) in [5.74, 6) is 0.671. The van der Waals surface area contributed by atoms with Crippen molar-refractivity contribution in [1.82, 2.24) is 4.90 Å². The van der Waals surface area contributed by atoms with E-state index in [0.717, 1.165) is 0 Å². The minimum atomic E-state index is -0.490. The Morgan fingerprint density at radius 2 is 1.68 bits per heavy atom. The van der Waals surface area contributed by atoms with Crippen LogP contribution in [0.1, 0.15) is 23.2 Å². The molecule has 0 spiro atoms. The summed E-state index contributed by atoms with van der Waals surface area (Å²) in [5, 5.41) is 13.4. The van der Waals surface area contributed by atoms with Crippen LogP contribution in [0.15, 0.2) is 48.5 Å². The number of nitro groups is 1. The second-order valence-corrected chi connectivity index (χ2v) is 6.59. The van der Waals surface area contributed by atoms with E-state index in [0.29, 0.717) is 42.9 Å². The van der Waals surface area contributed by atoms with Gasteiger partial charge in [-0.15, -0.1) is 0 Å². The highest BCUT2D eigenvalue weighted by Gasteiger charge is 2.28. The van der Waals surface area contributed by atoms with Crippen LogP contribution >= 0.6 is 0 Å². The molecule has 2 aromatic rings. The summed E-state index contributed by atoms with van der Waals surface area (Å²) >= 11 is 0. The van der Waals surface area contributed by atoms with Crippen molar-refractivity contribution in [3.63, 3.8) is 0 Å². The molecule has 1 heterocycles. The molecule has 1 fully saturated rings. The number of hydrogen-bond donors (Lipinski definition) is 1. The van der Waals surface area contributed by atoms with Crippen LogP contribution in [-0.4, -0.2) is 41.8 Å². The van der Waals surface area contributed by atoms with Crippen LogP contribution in [0, 0.1) is 16.0 Å². The number of anilines is 1. The van der Waals surface area contributed by atoms with E-state index < -0.39 is 4.92 Å². The molecule has 2 aromatic carbocycles. The Balaban J connectivity index is 1.53. The Labute approximate surface area is 162 Å². The predicted octanol–water partition coefficient (Wildman–Crippen LogP) is 3.73. The largest absolute Gasteiger partial charge is 0.497 e. The molecule has 8 nitrogen and oxygen atoms in total. The third-order valence-corrected chi connectivity index (χ3v) is 4.86. The van der Waals surface area contributed by atoms with Gasteiger partial charge in [0.05, 0.1) is 12.0 Å². The van der Waals surface area contributed by atoms with Gasteiger partial charge in [0.1, 0.15) is 5.75 Å². The molecule has 8 heteroatoms. The lowest BCUT2D eigenvalue weighted by atomic mass is 9.89. The van der Waals surface area contributed by atoms with Crippen LogP contribution in [0.4, 0.5) is 16.2 Å². The average molecular weight is 383 g/mol. The second-order valence-electron chi connectivity index (χ2n) is 6.59. The summed E-state index contributed by atoms with van der Waals surface area (Å²) in [5.41, 5.74) is 1.11. The van der Waals surface area contributed by atoms with E-state index >= 15 is 0 Å². The molecule has 0 saturated carbocycles. The number of benzene rings is 2. The highest BCUT2D eigenvalue weighted by atomic mass is 16.6. The number of piperidine rings is 1. The van der Waals surface area contributed by atoms with Crippen molar-refractivity contribution in [3.8, 4) is 5.75 Å². The van der Waals surface area contributed by atoms with E-state index in [9.17, 15) is 19.7 Å². The Morgan fingerprint density at radius 1 is 1.07 bits per heavy atom. The number of Topliss-reactive ketones (excluding diaryl/α,β-unsaturated/α-hetero) is 1. The Kier molecular flexibility index (Phi) is 5.88. The highest BCUT2D eigenvalue weighted by molar-refractivity contribution is 5.98. The van der Waals surface area contributed by atoms with Crippen LogP contribution in [0.25, 0.3) is 0 Å². The first-order valence-electron chi connectivity index (χ1n) is 8.96. The van der Waals surface area contributed by atoms with Gasteiger partial charge in [0.2, 0.25) is 0 Å². The van der Waals surface area contributed by atoms with Crippen LogP contribution in [0.2, 0.25) is 0 Å². The maximum atomic E-state index is 12.6. The van der Waals surface area contributed by atoms with E-state index in [1.807, 2.05) is 0 Å². The van der Waals surface area contributed by atoms with Crippen molar-refractivity contribution >= 4 is 23.2 Å². The van der Waals surface area contributed by atoms with Gasteiger partial charge in [0.15, 0.2) is 5.78 Å². The zero-order valence-electron chi connectivity index (χ0n) is 15.5. The molecular weight excluding hydrogens is 362 g/mol. The number of methoxy groups -OCH3 is 1. The van der Waals surface area contributed by atoms with Gasteiger partial charge in [-0.1, -0.05) is 0 Å². The molecule has 0 bridgehead atoms. The molecule has 28 heavy (non-hydrogen) atoms. The molecule has 3 rings (SSSR count). The lowest BCUT2D eigenvalue weighted by Crippen LogP contribution is -2.42. The van der Waals surface area contributed by atoms with Gasteiger partial charge >= 0.3 is 6.03 Å². The van der Waals surface area contributed by atoms with E-state index in [4.69, 9.17) is 4.74 Å². The molecule has 146 valence electrons. The lowest BCUT2D eigenvalue weighted by Gasteiger charge is -2.31. The number of nitrogens with zero attached hydrogens (tertiary/aromatic N) is 2. The van der Waals surface area contributed by atoms with Gasteiger partial charge in [-0.2, -0.15) is 0 Å². The number of carbonyl (C=O) groups excluding carboxylic acids is 2. The molecule has 1 saturated heterocycles. The number of hydrogen-bond acceptors (Lipinski definition) is 5. The minimum absolute atomic E-state index is 0.0316. The first kappa shape index (κ1) is 19.3.